The van der Waals surface area contributed by atoms with Crippen LogP contribution in [-0.4, -0.2) is 17.5 Å². The van der Waals surface area contributed by atoms with Crippen molar-refractivity contribution < 1.29 is 14.4 Å². The van der Waals surface area contributed by atoms with Crippen LogP contribution in [0.15, 0.2) is 57.2 Å². The Labute approximate surface area is 125 Å². The molecule has 1 aliphatic carbocycles. The van der Waals surface area contributed by atoms with Gasteiger partial charge in [-0.25, -0.2) is 4.79 Å². The number of hydrogen-bond donors (Lipinski definition) is 0. The van der Waals surface area contributed by atoms with Crippen LogP contribution in [0.1, 0.15) is 17.3 Å². The van der Waals surface area contributed by atoms with E-state index in [1.54, 1.807) is 37.3 Å². The molecule has 0 saturated carbocycles. The predicted octanol–water partition coefficient (Wildman–Crippen LogP) is 3.42. The fourth-order valence-electron chi connectivity index (χ4n) is 1.49. The maximum Gasteiger partial charge on any atom is 0.365 e. The number of benzene rings is 1. The Morgan fingerprint density at radius 1 is 1.20 bits per heavy atom. The van der Waals surface area contributed by atoms with Gasteiger partial charge in [0.25, 0.3) is 0 Å². The molecule has 0 heterocycles. The molecule has 20 heavy (non-hydrogen) atoms. The first-order valence-corrected chi connectivity index (χ1v) is 6.39. The van der Waals surface area contributed by atoms with E-state index in [1.807, 2.05) is 0 Å². The monoisotopic (exact) mass is 309 g/mol. The van der Waals surface area contributed by atoms with E-state index in [0.717, 1.165) is 0 Å². The summed E-state index contributed by atoms with van der Waals surface area (Å²) in [6, 6.07) is 8.41. The molecule has 0 bridgehead atoms. The van der Waals surface area contributed by atoms with Crippen LogP contribution >= 0.6 is 23.2 Å². The van der Waals surface area contributed by atoms with E-state index in [4.69, 9.17) is 28.0 Å². The van der Waals surface area contributed by atoms with Crippen molar-refractivity contribution in [3.63, 3.8) is 0 Å². The van der Waals surface area contributed by atoms with E-state index in [2.05, 4.69) is 5.16 Å². The van der Waals surface area contributed by atoms with Gasteiger partial charge in [0.2, 0.25) is 5.78 Å². The number of rotatable bonds is 2. The second-order valence-corrected chi connectivity index (χ2v) is 4.77. The highest BCUT2D eigenvalue weighted by Gasteiger charge is 2.23. The van der Waals surface area contributed by atoms with E-state index in [-0.39, 0.29) is 15.8 Å². The van der Waals surface area contributed by atoms with Gasteiger partial charge in [-0.15, -0.1) is 0 Å². The van der Waals surface area contributed by atoms with Crippen molar-refractivity contribution in [1.29, 1.82) is 0 Å². The Morgan fingerprint density at radius 3 is 2.50 bits per heavy atom. The zero-order chi connectivity index (χ0) is 14.7. The summed E-state index contributed by atoms with van der Waals surface area (Å²) in [5.74, 6) is -1.08. The SMILES string of the molecule is CC1=C(Cl)C(=O)C(Cl)=C/C1=N\OC(=O)c1ccccc1. The molecule has 0 N–H and O–H groups in total. The lowest BCUT2D eigenvalue weighted by Crippen LogP contribution is -2.14. The number of nitrogens with zero attached hydrogens (tertiary/aromatic N) is 1. The lowest BCUT2D eigenvalue weighted by molar-refractivity contribution is -0.111. The fourth-order valence-corrected chi connectivity index (χ4v) is 1.94. The molecule has 0 fully saturated rings. The first-order valence-electron chi connectivity index (χ1n) is 5.63. The topological polar surface area (TPSA) is 55.7 Å². The van der Waals surface area contributed by atoms with Crippen LogP contribution in [0.4, 0.5) is 0 Å². The Bertz CT molecular complexity index is 660. The Balaban J connectivity index is 2.20. The van der Waals surface area contributed by atoms with Gasteiger partial charge in [-0.1, -0.05) is 46.6 Å². The molecule has 6 heteroatoms. The number of halogens is 2. The lowest BCUT2D eigenvalue weighted by Gasteiger charge is -2.10. The van der Waals surface area contributed by atoms with Gasteiger partial charge in [0, 0.05) is 5.57 Å². The lowest BCUT2D eigenvalue weighted by atomic mass is 10.0. The molecule has 0 spiro atoms. The van der Waals surface area contributed by atoms with Crippen molar-refractivity contribution in [3.05, 3.63) is 57.6 Å². The summed E-state index contributed by atoms with van der Waals surface area (Å²) in [5, 5.41) is 3.58. The molecule has 0 aliphatic heterocycles. The number of hydrogen-bond acceptors (Lipinski definition) is 4. The van der Waals surface area contributed by atoms with Crippen molar-refractivity contribution in [1.82, 2.24) is 0 Å². The number of carbonyl (C=O) groups excluding carboxylic acids is 2. The summed E-state index contributed by atoms with van der Waals surface area (Å²) >= 11 is 11.5. The third-order valence-corrected chi connectivity index (χ3v) is 3.37. The molecule has 0 amide bonds. The number of allylic oxidation sites excluding steroid dienone is 4. The van der Waals surface area contributed by atoms with Gasteiger partial charge in [-0.2, -0.15) is 0 Å². The summed E-state index contributed by atoms with van der Waals surface area (Å²) < 4.78 is 0. The van der Waals surface area contributed by atoms with Crippen LogP contribution in [0.3, 0.4) is 0 Å². The van der Waals surface area contributed by atoms with Crippen LogP contribution in [-0.2, 0) is 9.63 Å². The van der Waals surface area contributed by atoms with Gasteiger partial charge in [-0.05, 0) is 25.1 Å². The van der Waals surface area contributed by atoms with Crippen LogP contribution < -0.4 is 0 Å². The predicted molar refractivity (Wildman–Crippen MR) is 76.8 cm³/mol. The van der Waals surface area contributed by atoms with Gasteiger partial charge in [0.1, 0.15) is 5.71 Å². The minimum absolute atomic E-state index is 0.0352. The highest BCUT2D eigenvalue weighted by molar-refractivity contribution is 6.58. The van der Waals surface area contributed by atoms with Crippen LogP contribution in [0.2, 0.25) is 0 Å². The summed E-state index contributed by atoms with van der Waals surface area (Å²) in [6.07, 6.45) is 1.31. The van der Waals surface area contributed by atoms with Crippen molar-refractivity contribution >= 4 is 40.7 Å². The summed E-state index contributed by atoms with van der Waals surface area (Å²) in [7, 11) is 0. The summed E-state index contributed by atoms with van der Waals surface area (Å²) in [6.45, 7) is 1.59. The van der Waals surface area contributed by atoms with Gasteiger partial charge >= 0.3 is 5.97 Å². The third-order valence-electron chi connectivity index (χ3n) is 2.63. The molecular weight excluding hydrogens is 301 g/mol. The van der Waals surface area contributed by atoms with Gasteiger partial charge in [0.05, 0.1) is 15.6 Å². The van der Waals surface area contributed by atoms with E-state index in [0.29, 0.717) is 11.1 Å². The highest BCUT2D eigenvalue weighted by Crippen LogP contribution is 2.24. The molecule has 0 unspecified atom stereocenters. The minimum Gasteiger partial charge on any atom is -0.312 e. The molecule has 0 atom stereocenters. The maximum atomic E-state index is 11.7. The van der Waals surface area contributed by atoms with Gasteiger partial charge in [-0.3, -0.25) is 4.79 Å². The number of Topliss-reactive ketones (excluding diaryl/α,β-unsaturated/α-hetero) is 1. The van der Waals surface area contributed by atoms with Crippen molar-refractivity contribution in [2.45, 2.75) is 6.92 Å². The van der Waals surface area contributed by atoms with Crippen LogP contribution in [0, 0.1) is 0 Å². The fraction of sp³-hybridized carbons (Fsp3) is 0.0714. The molecule has 1 aromatic carbocycles. The quantitative estimate of drug-likeness (QED) is 0.478. The number of ketones is 1. The summed E-state index contributed by atoms with van der Waals surface area (Å²) in [4.78, 5) is 28.0. The molecule has 102 valence electrons. The highest BCUT2D eigenvalue weighted by atomic mass is 35.5. The first-order chi connectivity index (χ1) is 9.50. The van der Waals surface area contributed by atoms with Crippen molar-refractivity contribution in [2.75, 3.05) is 0 Å². The number of carbonyl (C=O) groups is 2. The molecule has 0 radical (unpaired) electrons. The molecular formula is C14H9Cl2NO3. The Hall–Kier alpha value is -1.91. The van der Waals surface area contributed by atoms with Crippen LogP contribution in [0.25, 0.3) is 0 Å². The van der Waals surface area contributed by atoms with Crippen molar-refractivity contribution in [3.8, 4) is 0 Å². The average molecular weight is 310 g/mol. The molecule has 4 nitrogen and oxygen atoms in total. The standard InChI is InChI=1S/C14H9Cl2NO3/c1-8-11(7-10(15)13(18)12(8)16)17-20-14(19)9-5-3-2-4-6-9/h2-7H,1H3/b17-11+. The molecule has 1 aliphatic rings. The molecule has 2 rings (SSSR count). The van der Waals surface area contributed by atoms with Crippen molar-refractivity contribution in [2.24, 2.45) is 5.16 Å². The van der Waals surface area contributed by atoms with Gasteiger partial charge in [0.15, 0.2) is 0 Å². The largest absolute Gasteiger partial charge is 0.365 e. The smallest absolute Gasteiger partial charge is 0.312 e. The molecule has 1 aromatic rings. The van der Waals surface area contributed by atoms with E-state index in [9.17, 15) is 9.59 Å². The normalized spacial score (nSPS) is 17.2. The summed E-state index contributed by atoms with van der Waals surface area (Å²) in [5.41, 5.74) is 1.01. The second kappa shape index (κ2) is 6.03. The van der Waals surface area contributed by atoms with Crippen LogP contribution in [0.5, 0.6) is 0 Å². The maximum absolute atomic E-state index is 11.7. The second-order valence-electron chi connectivity index (χ2n) is 3.98. The Morgan fingerprint density at radius 2 is 1.85 bits per heavy atom. The van der Waals surface area contributed by atoms with E-state index < -0.39 is 11.8 Å². The Kier molecular flexibility index (Phi) is 4.37. The molecule has 0 aromatic heterocycles. The first kappa shape index (κ1) is 14.5. The zero-order valence-corrected chi connectivity index (χ0v) is 11.9. The average Bonchev–Trinajstić information content (AvgIpc) is 2.48. The molecule has 0 saturated heterocycles. The van der Waals surface area contributed by atoms with E-state index in [1.165, 1.54) is 6.08 Å². The zero-order valence-electron chi connectivity index (χ0n) is 10.4. The van der Waals surface area contributed by atoms with E-state index >= 15 is 0 Å². The number of oxime groups is 1. The minimum atomic E-state index is -0.608. The van der Waals surface area contributed by atoms with Gasteiger partial charge < -0.3 is 4.84 Å². The third kappa shape index (κ3) is 2.98.